The lowest BCUT2D eigenvalue weighted by Crippen LogP contribution is -1.97. The fourth-order valence-electron chi connectivity index (χ4n) is 0. The van der Waals surface area contributed by atoms with Gasteiger partial charge in [0.1, 0.15) is 0 Å². The van der Waals surface area contributed by atoms with E-state index in [1.54, 1.807) is 0 Å². The van der Waals surface area contributed by atoms with E-state index in [1.165, 1.54) is 0 Å². The molecule has 0 rings (SSSR count). The zero-order valence-corrected chi connectivity index (χ0v) is 4.64. The SMILES string of the molecule is N.NCP(=O)(O)O. The second-order valence-electron chi connectivity index (χ2n) is 0.847. The van der Waals surface area contributed by atoms with E-state index in [1.807, 2.05) is 0 Å². The molecule has 46 valence electrons. The van der Waals surface area contributed by atoms with E-state index in [0.717, 1.165) is 0 Å². The molecular weight excluding hydrogens is 119 g/mol. The maximum absolute atomic E-state index is 9.57. The summed E-state index contributed by atoms with van der Waals surface area (Å²) in [5.41, 5.74) is 4.54. The first kappa shape index (κ1) is 10.1. The van der Waals surface area contributed by atoms with Crippen LogP contribution in [-0.4, -0.2) is 16.1 Å². The fraction of sp³-hybridized carbons (Fsp3) is 1.00. The Kier molecular flexibility index (Phi) is 4.52. The first-order chi connectivity index (χ1) is 2.56. The molecule has 0 saturated carbocycles. The molecule has 5 nitrogen and oxygen atoms in total. The molecule has 0 aliphatic carbocycles. The highest BCUT2D eigenvalue weighted by Gasteiger charge is 2.05. The summed E-state index contributed by atoms with van der Waals surface area (Å²) >= 11 is 0. The van der Waals surface area contributed by atoms with Crippen LogP contribution in [0.2, 0.25) is 0 Å². The Bertz CT molecular complexity index is 77.0. The van der Waals surface area contributed by atoms with Gasteiger partial charge in [0.25, 0.3) is 0 Å². The highest BCUT2D eigenvalue weighted by molar-refractivity contribution is 7.51. The molecule has 0 spiro atoms. The summed E-state index contributed by atoms with van der Waals surface area (Å²) in [6.45, 7) is 0. The van der Waals surface area contributed by atoms with E-state index in [9.17, 15) is 4.57 Å². The van der Waals surface area contributed by atoms with Crippen LogP contribution in [-0.2, 0) is 4.57 Å². The summed E-state index contributed by atoms with van der Waals surface area (Å²) in [5, 5.41) is 0. The molecule has 0 aliphatic rings. The fourth-order valence-corrected chi connectivity index (χ4v) is 0. The Morgan fingerprint density at radius 2 is 1.71 bits per heavy atom. The average molecular weight is 128 g/mol. The third kappa shape index (κ3) is 10.7. The van der Waals surface area contributed by atoms with E-state index in [-0.39, 0.29) is 6.15 Å². The summed E-state index contributed by atoms with van der Waals surface area (Å²) in [7, 11) is -3.87. The van der Waals surface area contributed by atoms with Crippen molar-refractivity contribution in [2.75, 3.05) is 6.29 Å². The zero-order valence-electron chi connectivity index (χ0n) is 3.74. The first-order valence-corrected chi connectivity index (χ1v) is 3.10. The molecule has 0 bridgehead atoms. The number of hydrogen-bond donors (Lipinski definition) is 4. The summed E-state index contributed by atoms with van der Waals surface area (Å²) in [6.07, 6.45) is -0.562. The van der Waals surface area contributed by atoms with Crippen molar-refractivity contribution in [3.05, 3.63) is 0 Å². The van der Waals surface area contributed by atoms with Crippen molar-refractivity contribution in [3.63, 3.8) is 0 Å². The van der Waals surface area contributed by atoms with Gasteiger partial charge in [-0.1, -0.05) is 0 Å². The molecule has 0 aliphatic heterocycles. The molecular formula is CH9N2O3P. The largest absolute Gasteiger partial charge is 0.344 e. The standard InChI is InChI=1S/CH6NO3P.H3N/c2-1-6(3,4)5;/h1-2H2,(H2,3,4,5);1H3. The van der Waals surface area contributed by atoms with Gasteiger partial charge in [-0.25, -0.2) is 0 Å². The predicted octanol–water partition coefficient (Wildman–Crippen LogP) is -0.758. The molecule has 6 heteroatoms. The highest BCUT2D eigenvalue weighted by Crippen LogP contribution is 2.30. The zero-order chi connectivity index (χ0) is 5.21. The van der Waals surface area contributed by atoms with Crippen molar-refractivity contribution >= 4 is 7.60 Å². The molecule has 0 aromatic rings. The van der Waals surface area contributed by atoms with E-state index in [4.69, 9.17) is 9.79 Å². The van der Waals surface area contributed by atoms with Gasteiger partial charge < -0.3 is 21.7 Å². The maximum atomic E-state index is 9.57. The number of hydrogen-bond acceptors (Lipinski definition) is 3. The van der Waals surface area contributed by atoms with E-state index >= 15 is 0 Å². The second-order valence-corrected chi connectivity index (χ2v) is 2.54. The Morgan fingerprint density at radius 3 is 1.71 bits per heavy atom. The smallest absolute Gasteiger partial charge is 0.338 e. The van der Waals surface area contributed by atoms with Crippen molar-refractivity contribution in [3.8, 4) is 0 Å². The molecule has 0 unspecified atom stereocenters. The minimum atomic E-state index is -3.87. The Balaban J connectivity index is 0. The van der Waals surface area contributed by atoms with Crippen molar-refractivity contribution in [1.29, 1.82) is 0 Å². The van der Waals surface area contributed by atoms with Crippen LogP contribution in [0.5, 0.6) is 0 Å². The first-order valence-electron chi connectivity index (χ1n) is 1.31. The molecule has 0 saturated heterocycles. The number of rotatable bonds is 1. The maximum Gasteiger partial charge on any atom is 0.338 e. The van der Waals surface area contributed by atoms with Crippen LogP contribution in [0.1, 0.15) is 0 Å². The Hall–Kier alpha value is 0.0700. The van der Waals surface area contributed by atoms with Gasteiger partial charge in [0.2, 0.25) is 0 Å². The Labute approximate surface area is 41.3 Å². The lowest BCUT2D eigenvalue weighted by molar-refractivity contribution is 0.374. The monoisotopic (exact) mass is 128 g/mol. The lowest BCUT2D eigenvalue weighted by atomic mass is 11.6. The van der Waals surface area contributed by atoms with Gasteiger partial charge in [-0.3, -0.25) is 4.57 Å². The average Bonchev–Trinajstić information content (AvgIpc) is 1.35. The van der Waals surface area contributed by atoms with Crippen LogP contribution in [0, 0.1) is 0 Å². The van der Waals surface area contributed by atoms with E-state index < -0.39 is 13.9 Å². The summed E-state index contributed by atoms with van der Waals surface area (Å²) in [6, 6.07) is 0. The molecule has 0 atom stereocenters. The van der Waals surface area contributed by atoms with Gasteiger partial charge in [0.15, 0.2) is 0 Å². The van der Waals surface area contributed by atoms with Crippen LogP contribution in [0.15, 0.2) is 0 Å². The van der Waals surface area contributed by atoms with Crippen LogP contribution in [0.25, 0.3) is 0 Å². The van der Waals surface area contributed by atoms with Gasteiger partial charge in [-0.2, -0.15) is 0 Å². The Morgan fingerprint density at radius 1 is 1.57 bits per heavy atom. The third-order valence-electron chi connectivity index (χ3n) is 0.238. The topological polar surface area (TPSA) is 119 Å². The molecule has 7 N–H and O–H groups in total. The van der Waals surface area contributed by atoms with Crippen molar-refractivity contribution in [2.24, 2.45) is 5.73 Å². The molecule has 0 amide bonds. The number of nitrogens with two attached hydrogens (primary N) is 1. The van der Waals surface area contributed by atoms with Crippen molar-refractivity contribution < 1.29 is 14.4 Å². The molecule has 0 radical (unpaired) electrons. The molecule has 7 heavy (non-hydrogen) atoms. The third-order valence-corrected chi connectivity index (χ3v) is 0.714. The molecule has 0 heterocycles. The highest BCUT2D eigenvalue weighted by atomic mass is 31.2. The van der Waals surface area contributed by atoms with Gasteiger partial charge in [-0.05, 0) is 0 Å². The van der Waals surface area contributed by atoms with Crippen LogP contribution in [0.3, 0.4) is 0 Å². The molecule has 0 aromatic heterocycles. The van der Waals surface area contributed by atoms with Gasteiger partial charge >= 0.3 is 7.60 Å². The van der Waals surface area contributed by atoms with Crippen molar-refractivity contribution in [2.45, 2.75) is 0 Å². The minimum Gasteiger partial charge on any atom is -0.344 e. The lowest BCUT2D eigenvalue weighted by Gasteiger charge is -1.92. The van der Waals surface area contributed by atoms with Crippen molar-refractivity contribution in [1.82, 2.24) is 6.15 Å². The quantitative estimate of drug-likeness (QED) is 0.346. The predicted molar refractivity (Wildman–Crippen MR) is 26.1 cm³/mol. The summed E-state index contributed by atoms with van der Waals surface area (Å²) in [4.78, 5) is 15.6. The van der Waals surface area contributed by atoms with Crippen LogP contribution in [0.4, 0.5) is 0 Å². The van der Waals surface area contributed by atoms with Gasteiger partial charge in [-0.15, -0.1) is 0 Å². The van der Waals surface area contributed by atoms with Gasteiger partial charge in [0.05, 0.1) is 6.29 Å². The van der Waals surface area contributed by atoms with E-state index in [0.29, 0.717) is 0 Å². The van der Waals surface area contributed by atoms with Gasteiger partial charge in [0, 0.05) is 0 Å². The minimum absolute atomic E-state index is 0. The van der Waals surface area contributed by atoms with Crippen LogP contribution < -0.4 is 11.9 Å². The van der Waals surface area contributed by atoms with E-state index in [2.05, 4.69) is 5.73 Å². The molecule has 0 fully saturated rings. The summed E-state index contributed by atoms with van der Waals surface area (Å²) in [5.74, 6) is 0. The normalized spacial score (nSPS) is 10.1. The molecule has 0 aromatic carbocycles. The summed E-state index contributed by atoms with van der Waals surface area (Å²) < 4.78 is 9.57. The van der Waals surface area contributed by atoms with Crippen LogP contribution >= 0.6 is 7.60 Å². The second kappa shape index (κ2) is 3.12.